The second-order valence-electron chi connectivity index (χ2n) is 5.23. The number of amides is 1. The first kappa shape index (κ1) is 17.8. The topological polar surface area (TPSA) is 59.8 Å². The molecule has 1 amide bonds. The minimum absolute atomic E-state index is 0.205. The number of nitrogens with zero attached hydrogens (tertiary/aromatic N) is 1. The normalized spacial score (nSPS) is 10.8. The summed E-state index contributed by atoms with van der Waals surface area (Å²) >= 11 is 6.09. The first-order valence-corrected chi connectivity index (χ1v) is 7.65. The average molecular weight is 348 g/mol. The van der Waals surface area contributed by atoms with Crippen LogP contribution in [0.3, 0.4) is 0 Å². The molecule has 24 heavy (non-hydrogen) atoms. The molecule has 0 aliphatic rings. The van der Waals surface area contributed by atoms with Gasteiger partial charge in [0.25, 0.3) is 0 Å². The van der Waals surface area contributed by atoms with Gasteiger partial charge in [0.2, 0.25) is 5.91 Å². The zero-order chi connectivity index (χ0) is 17.7. The smallest absolute Gasteiger partial charge is 0.341 e. The highest BCUT2D eigenvalue weighted by Crippen LogP contribution is 2.18. The van der Waals surface area contributed by atoms with Crippen molar-refractivity contribution in [1.29, 1.82) is 0 Å². The lowest BCUT2D eigenvalue weighted by atomic mass is 10.2. The number of hydrogen-bond donors (Lipinski definition) is 0. The molecule has 0 N–H and O–H groups in total. The van der Waals surface area contributed by atoms with Crippen molar-refractivity contribution in [1.82, 2.24) is 4.90 Å². The molecule has 5 nitrogen and oxygen atoms in total. The Bertz CT molecular complexity index is 779. The number of esters is 1. The standard InChI is InChI=1S/C18H18ClNO4/c1-12-15(18(22)23-3)10-14(24-12)8-9-17(21)20(2)11-13-6-4-5-7-16(13)19/h4-10H,11H2,1-3H3. The Morgan fingerprint density at radius 3 is 2.71 bits per heavy atom. The van der Waals surface area contributed by atoms with Gasteiger partial charge in [-0.2, -0.15) is 0 Å². The number of carbonyl (C=O) groups excluding carboxylic acids is 2. The zero-order valence-electron chi connectivity index (χ0n) is 13.7. The average Bonchev–Trinajstić information content (AvgIpc) is 2.94. The maximum Gasteiger partial charge on any atom is 0.341 e. The zero-order valence-corrected chi connectivity index (χ0v) is 14.5. The second-order valence-corrected chi connectivity index (χ2v) is 5.64. The van der Waals surface area contributed by atoms with Crippen LogP contribution in [0.4, 0.5) is 0 Å². The molecule has 0 saturated carbocycles. The number of rotatable bonds is 5. The first-order chi connectivity index (χ1) is 11.4. The fourth-order valence-corrected chi connectivity index (χ4v) is 2.34. The molecular weight excluding hydrogens is 330 g/mol. The fourth-order valence-electron chi connectivity index (χ4n) is 2.14. The summed E-state index contributed by atoms with van der Waals surface area (Å²) in [5.74, 6) is 0.174. The van der Waals surface area contributed by atoms with Gasteiger partial charge in [0, 0.05) is 24.7 Å². The van der Waals surface area contributed by atoms with Crippen molar-refractivity contribution in [3.05, 3.63) is 64.1 Å². The van der Waals surface area contributed by atoms with Crippen molar-refractivity contribution >= 4 is 29.6 Å². The molecule has 0 aliphatic heterocycles. The van der Waals surface area contributed by atoms with E-state index in [2.05, 4.69) is 4.74 Å². The Kier molecular flexibility index (Phi) is 5.82. The molecule has 0 spiro atoms. The summed E-state index contributed by atoms with van der Waals surface area (Å²) in [5.41, 5.74) is 1.21. The number of benzene rings is 1. The first-order valence-electron chi connectivity index (χ1n) is 7.27. The molecule has 1 aromatic heterocycles. The molecule has 6 heteroatoms. The van der Waals surface area contributed by atoms with Crippen LogP contribution < -0.4 is 0 Å². The van der Waals surface area contributed by atoms with Crippen LogP contribution in [0, 0.1) is 6.92 Å². The highest BCUT2D eigenvalue weighted by atomic mass is 35.5. The van der Waals surface area contributed by atoms with Crippen LogP contribution in [-0.4, -0.2) is 30.9 Å². The molecular formula is C18H18ClNO4. The highest BCUT2D eigenvalue weighted by Gasteiger charge is 2.14. The molecule has 1 aromatic carbocycles. The molecule has 1 heterocycles. The van der Waals surface area contributed by atoms with Crippen molar-refractivity contribution in [2.45, 2.75) is 13.5 Å². The van der Waals surface area contributed by atoms with Crippen molar-refractivity contribution < 1.29 is 18.7 Å². The van der Waals surface area contributed by atoms with E-state index < -0.39 is 5.97 Å². The molecule has 0 aliphatic carbocycles. The molecule has 0 bridgehead atoms. The summed E-state index contributed by atoms with van der Waals surface area (Å²) in [6.45, 7) is 2.06. The molecule has 2 aromatic rings. The predicted molar refractivity (Wildman–Crippen MR) is 91.7 cm³/mol. The molecule has 0 saturated heterocycles. The third-order valence-corrected chi connectivity index (χ3v) is 3.84. The molecule has 0 atom stereocenters. The lowest BCUT2D eigenvalue weighted by Gasteiger charge is -2.15. The third kappa shape index (κ3) is 4.26. The van der Waals surface area contributed by atoms with Gasteiger partial charge in [0.15, 0.2) is 0 Å². The second kappa shape index (κ2) is 7.84. The Morgan fingerprint density at radius 1 is 1.33 bits per heavy atom. The Labute approximate surface area is 145 Å². The van der Waals surface area contributed by atoms with Gasteiger partial charge in [0.1, 0.15) is 17.1 Å². The van der Waals surface area contributed by atoms with Crippen molar-refractivity contribution in [3.8, 4) is 0 Å². The molecule has 0 radical (unpaired) electrons. The number of likely N-dealkylation sites (N-methyl/N-ethyl adjacent to an activating group) is 1. The van der Waals surface area contributed by atoms with Gasteiger partial charge in [0.05, 0.1) is 7.11 Å². The van der Waals surface area contributed by atoms with Gasteiger partial charge in [-0.25, -0.2) is 4.79 Å². The van der Waals surface area contributed by atoms with E-state index in [1.54, 1.807) is 26.1 Å². The van der Waals surface area contributed by atoms with Crippen LogP contribution in [0.15, 0.2) is 40.8 Å². The summed E-state index contributed by atoms with van der Waals surface area (Å²) < 4.78 is 10.1. The Morgan fingerprint density at radius 2 is 2.04 bits per heavy atom. The predicted octanol–water partition coefficient (Wildman–Crippen LogP) is 3.70. The monoisotopic (exact) mass is 347 g/mol. The van der Waals surface area contributed by atoms with Crippen LogP contribution >= 0.6 is 11.6 Å². The van der Waals surface area contributed by atoms with E-state index in [1.165, 1.54) is 24.2 Å². The maximum absolute atomic E-state index is 12.2. The number of carbonyl (C=O) groups is 2. The number of aryl methyl sites for hydroxylation is 1. The summed E-state index contributed by atoms with van der Waals surface area (Å²) in [6.07, 6.45) is 2.90. The molecule has 126 valence electrons. The van der Waals surface area contributed by atoms with Gasteiger partial charge in [-0.1, -0.05) is 29.8 Å². The van der Waals surface area contributed by atoms with Gasteiger partial charge >= 0.3 is 5.97 Å². The number of furan rings is 1. The van der Waals surface area contributed by atoms with Crippen LogP contribution in [0.25, 0.3) is 6.08 Å². The van der Waals surface area contributed by atoms with Gasteiger partial charge in [-0.15, -0.1) is 0 Å². The lowest BCUT2D eigenvalue weighted by molar-refractivity contribution is -0.125. The maximum atomic E-state index is 12.2. The Balaban J connectivity index is 2.05. The van der Waals surface area contributed by atoms with E-state index in [0.29, 0.717) is 28.7 Å². The van der Waals surface area contributed by atoms with Crippen molar-refractivity contribution in [2.24, 2.45) is 0 Å². The number of halogens is 1. The van der Waals surface area contributed by atoms with Crippen LogP contribution in [0.5, 0.6) is 0 Å². The van der Waals surface area contributed by atoms with Crippen LogP contribution in [0.1, 0.15) is 27.4 Å². The number of methoxy groups -OCH3 is 1. The van der Waals surface area contributed by atoms with E-state index in [0.717, 1.165) is 5.56 Å². The Hall–Kier alpha value is -2.53. The number of hydrogen-bond acceptors (Lipinski definition) is 4. The van der Waals surface area contributed by atoms with Gasteiger partial charge in [-0.05, 0) is 30.7 Å². The van der Waals surface area contributed by atoms with Gasteiger partial charge in [-0.3, -0.25) is 4.79 Å². The number of ether oxygens (including phenoxy) is 1. The summed E-state index contributed by atoms with van der Waals surface area (Å²) in [7, 11) is 2.99. The fraction of sp³-hybridized carbons (Fsp3) is 0.222. The van der Waals surface area contributed by atoms with E-state index in [1.807, 2.05) is 18.2 Å². The largest absolute Gasteiger partial charge is 0.465 e. The summed E-state index contributed by atoms with van der Waals surface area (Å²) in [5, 5.41) is 0.616. The highest BCUT2D eigenvalue weighted by molar-refractivity contribution is 6.31. The lowest BCUT2D eigenvalue weighted by Crippen LogP contribution is -2.24. The quantitative estimate of drug-likeness (QED) is 0.611. The van der Waals surface area contributed by atoms with Crippen molar-refractivity contribution in [2.75, 3.05) is 14.2 Å². The van der Waals surface area contributed by atoms with Crippen molar-refractivity contribution in [3.63, 3.8) is 0 Å². The SMILES string of the molecule is COC(=O)c1cc(C=CC(=O)N(C)Cc2ccccc2Cl)oc1C. The third-order valence-electron chi connectivity index (χ3n) is 3.47. The van der Waals surface area contributed by atoms with E-state index in [4.69, 9.17) is 16.0 Å². The minimum atomic E-state index is -0.474. The van der Waals surface area contributed by atoms with Crippen LogP contribution in [0.2, 0.25) is 5.02 Å². The molecule has 2 rings (SSSR count). The van der Waals surface area contributed by atoms with E-state index in [9.17, 15) is 9.59 Å². The molecule has 0 fully saturated rings. The van der Waals surface area contributed by atoms with E-state index >= 15 is 0 Å². The van der Waals surface area contributed by atoms with Crippen LogP contribution in [-0.2, 0) is 16.1 Å². The summed E-state index contributed by atoms with van der Waals surface area (Å²) in [4.78, 5) is 25.2. The molecule has 0 unspecified atom stereocenters. The minimum Gasteiger partial charge on any atom is -0.465 e. The summed E-state index contributed by atoms with van der Waals surface area (Å²) in [6, 6.07) is 8.90. The van der Waals surface area contributed by atoms with E-state index in [-0.39, 0.29) is 5.91 Å². The van der Waals surface area contributed by atoms with Gasteiger partial charge < -0.3 is 14.1 Å².